The van der Waals surface area contributed by atoms with Gasteiger partial charge in [-0.25, -0.2) is 9.97 Å². The molecule has 33 heavy (non-hydrogen) atoms. The molecular formula is C28H15ClN2S2. The molecular weight excluding hydrogens is 464 g/mol. The standard InChI is InChI=1S/C28H15ClN2S2/c29-28-30-25(24-21-7-2-4-11-23(21)33-27(24)31-28)17-14-12-16(13-15-17)18-8-5-9-20-19-6-1-3-10-22(19)32-26(18)20/h1-15H. The first-order valence-corrected chi connectivity index (χ1v) is 12.6. The number of fused-ring (bicyclic) bond motifs is 6. The second kappa shape index (κ2) is 7.35. The summed E-state index contributed by atoms with van der Waals surface area (Å²) in [5.74, 6) is 0. The Balaban J connectivity index is 1.41. The van der Waals surface area contributed by atoms with Gasteiger partial charge in [0, 0.05) is 41.2 Å². The maximum Gasteiger partial charge on any atom is 0.224 e. The molecule has 5 heteroatoms. The number of thiophene rings is 2. The minimum atomic E-state index is 0.281. The molecule has 0 bridgehead atoms. The Hall–Kier alpha value is -3.31. The fourth-order valence-corrected chi connectivity index (χ4v) is 7.12. The van der Waals surface area contributed by atoms with Crippen LogP contribution in [-0.2, 0) is 0 Å². The second-order valence-corrected chi connectivity index (χ2v) is 10.4. The van der Waals surface area contributed by atoms with Gasteiger partial charge in [-0.1, -0.05) is 78.9 Å². The molecule has 0 radical (unpaired) electrons. The van der Waals surface area contributed by atoms with Crippen molar-refractivity contribution in [1.82, 2.24) is 9.97 Å². The number of halogens is 1. The second-order valence-electron chi connectivity index (χ2n) is 7.98. The minimum Gasteiger partial charge on any atom is -0.217 e. The summed E-state index contributed by atoms with van der Waals surface area (Å²) in [6.07, 6.45) is 0. The fourth-order valence-electron chi connectivity index (χ4n) is 4.59. The van der Waals surface area contributed by atoms with E-state index < -0.39 is 0 Å². The third-order valence-corrected chi connectivity index (χ3v) is 8.54. The molecule has 0 aliphatic carbocycles. The predicted octanol–water partition coefficient (Wildman–Crippen LogP) is 9.20. The summed E-state index contributed by atoms with van der Waals surface area (Å²) in [5.41, 5.74) is 4.38. The van der Waals surface area contributed by atoms with E-state index in [2.05, 4.69) is 101 Å². The molecule has 0 fully saturated rings. The average Bonchev–Trinajstić information content (AvgIpc) is 3.41. The summed E-state index contributed by atoms with van der Waals surface area (Å²) < 4.78 is 3.83. The molecule has 0 spiro atoms. The van der Waals surface area contributed by atoms with Crippen LogP contribution in [0.3, 0.4) is 0 Å². The fraction of sp³-hybridized carbons (Fsp3) is 0. The van der Waals surface area contributed by atoms with E-state index in [4.69, 9.17) is 11.6 Å². The molecule has 0 atom stereocenters. The number of aromatic nitrogens is 2. The zero-order valence-electron chi connectivity index (χ0n) is 17.2. The van der Waals surface area contributed by atoms with Crippen LogP contribution in [-0.4, -0.2) is 9.97 Å². The van der Waals surface area contributed by atoms with Gasteiger partial charge in [0.1, 0.15) is 4.83 Å². The molecule has 0 aliphatic heterocycles. The van der Waals surface area contributed by atoms with Gasteiger partial charge in [-0.2, -0.15) is 0 Å². The van der Waals surface area contributed by atoms with E-state index in [1.807, 2.05) is 11.3 Å². The molecule has 7 aromatic rings. The summed E-state index contributed by atoms with van der Waals surface area (Å²) in [6.45, 7) is 0. The number of nitrogens with zero attached hydrogens (tertiary/aromatic N) is 2. The maximum atomic E-state index is 6.32. The van der Waals surface area contributed by atoms with Crippen LogP contribution in [0.4, 0.5) is 0 Å². The average molecular weight is 479 g/mol. The third kappa shape index (κ3) is 2.99. The first-order chi connectivity index (χ1) is 16.3. The minimum absolute atomic E-state index is 0.281. The first-order valence-electron chi connectivity index (χ1n) is 10.6. The van der Waals surface area contributed by atoms with Crippen LogP contribution in [0, 0.1) is 0 Å². The monoisotopic (exact) mass is 478 g/mol. The highest BCUT2D eigenvalue weighted by Gasteiger charge is 2.16. The van der Waals surface area contributed by atoms with Crippen LogP contribution in [0.1, 0.15) is 0 Å². The van der Waals surface area contributed by atoms with E-state index in [0.29, 0.717) is 0 Å². The van der Waals surface area contributed by atoms with E-state index in [9.17, 15) is 0 Å². The smallest absolute Gasteiger partial charge is 0.217 e. The van der Waals surface area contributed by atoms with E-state index in [1.54, 1.807) is 11.3 Å². The van der Waals surface area contributed by atoms with Crippen LogP contribution in [0.5, 0.6) is 0 Å². The number of benzene rings is 4. The molecule has 0 amide bonds. The lowest BCUT2D eigenvalue weighted by Crippen LogP contribution is -1.89. The number of rotatable bonds is 2. The van der Waals surface area contributed by atoms with Crippen molar-refractivity contribution in [2.24, 2.45) is 0 Å². The first kappa shape index (κ1) is 19.2. The lowest BCUT2D eigenvalue weighted by Gasteiger charge is -2.07. The van der Waals surface area contributed by atoms with Crippen molar-refractivity contribution < 1.29 is 0 Å². The van der Waals surface area contributed by atoms with Crippen molar-refractivity contribution in [2.45, 2.75) is 0 Å². The molecule has 0 saturated carbocycles. The topological polar surface area (TPSA) is 25.8 Å². The van der Waals surface area contributed by atoms with Crippen molar-refractivity contribution in [3.8, 4) is 22.4 Å². The third-order valence-electron chi connectivity index (χ3n) is 6.09. The van der Waals surface area contributed by atoms with Gasteiger partial charge >= 0.3 is 0 Å². The summed E-state index contributed by atoms with van der Waals surface area (Å²) in [4.78, 5) is 10.1. The zero-order chi connectivity index (χ0) is 21.9. The van der Waals surface area contributed by atoms with Crippen molar-refractivity contribution in [2.75, 3.05) is 0 Å². The quantitative estimate of drug-likeness (QED) is 0.231. The van der Waals surface area contributed by atoms with Gasteiger partial charge in [-0.15, -0.1) is 22.7 Å². The van der Waals surface area contributed by atoms with Gasteiger partial charge in [-0.05, 0) is 34.9 Å². The molecule has 0 N–H and O–H groups in total. The van der Waals surface area contributed by atoms with Crippen LogP contribution >= 0.6 is 34.3 Å². The van der Waals surface area contributed by atoms with Gasteiger partial charge in [0.25, 0.3) is 0 Å². The number of hydrogen-bond donors (Lipinski definition) is 0. The molecule has 4 aromatic carbocycles. The molecule has 3 heterocycles. The van der Waals surface area contributed by atoms with E-state index in [-0.39, 0.29) is 5.28 Å². The Kier molecular flexibility index (Phi) is 4.28. The molecule has 0 saturated heterocycles. The SMILES string of the molecule is Clc1nc(-c2ccc(-c3cccc4c3sc3ccccc34)cc2)c2c(n1)sc1ccccc12. The Morgan fingerprint density at radius 3 is 2.06 bits per heavy atom. The lowest BCUT2D eigenvalue weighted by molar-refractivity contribution is 1.24. The summed E-state index contributed by atoms with van der Waals surface area (Å²) in [7, 11) is 0. The molecule has 3 aromatic heterocycles. The highest BCUT2D eigenvalue weighted by molar-refractivity contribution is 7.26. The van der Waals surface area contributed by atoms with Gasteiger partial charge in [0.15, 0.2) is 0 Å². The normalized spacial score (nSPS) is 11.8. The maximum absolute atomic E-state index is 6.32. The van der Waals surface area contributed by atoms with Gasteiger partial charge in [-0.3, -0.25) is 0 Å². The van der Waals surface area contributed by atoms with E-state index in [1.165, 1.54) is 41.4 Å². The van der Waals surface area contributed by atoms with Crippen LogP contribution in [0.25, 0.3) is 62.9 Å². The molecule has 0 aliphatic rings. The zero-order valence-corrected chi connectivity index (χ0v) is 19.6. The lowest BCUT2D eigenvalue weighted by atomic mass is 9.99. The highest BCUT2D eigenvalue weighted by Crippen LogP contribution is 2.41. The summed E-state index contributed by atoms with van der Waals surface area (Å²) in [6, 6.07) is 32.2. The molecule has 7 rings (SSSR count). The Morgan fingerprint density at radius 1 is 0.576 bits per heavy atom. The van der Waals surface area contributed by atoms with Crippen LogP contribution in [0.15, 0.2) is 91.0 Å². The Bertz CT molecular complexity index is 1830. The summed E-state index contributed by atoms with van der Waals surface area (Å²) >= 11 is 9.83. The summed E-state index contributed by atoms with van der Waals surface area (Å²) in [5, 5.41) is 5.15. The van der Waals surface area contributed by atoms with E-state index >= 15 is 0 Å². The highest BCUT2D eigenvalue weighted by atomic mass is 35.5. The Morgan fingerprint density at radius 2 is 1.24 bits per heavy atom. The van der Waals surface area contributed by atoms with Crippen molar-refractivity contribution >= 4 is 74.7 Å². The predicted molar refractivity (Wildman–Crippen MR) is 144 cm³/mol. The molecule has 156 valence electrons. The molecule has 2 nitrogen and oxygen atoms in total. The van der Waals surface area contributed by atoms with Crippen molar-refractivity contribution in [1.29, 1.82) is 0 Å². The van der Waals surface area contributed by atoms with E-state index in [0.717, 1.165) is 21.5 Å². The Labute approximate surface area is 202 Å². The number of hydrogen-bond acceptors (Lipinski definition) is 4. The van der Waals surface area contributed by atoms with Crippen molar-refractivity contribution in [3.63, 3.8) is 0 Å². The van der Waals surface area contributed by atoms with Gasteiger partial charge in [0.2, 0.25) is 5.28 Å². The van der Waals surface area contributed by atoms with Gasteiger partial charge in [0.05, 0.1) is 5.69 Å². The van der Waals surface area contributed by atoms with Gasteiger partial charge < -0.3 is 0 Å². The molecule has 0 unspecified atom stereocenters. The largest absolute Gasteiger partial charge is 0.224 e. The van der Waals surface area contributed by atoms with Crippen molar-refractivity contribution in [3.05, 3.63) is 96.3 Å². The van der Waals surface area contributed by atoms with Crippen LogP contribution in [0.2, 0.25) is 5.28 Å². The van der Waals surface area contributed by atoms with Crippen LogP contribution < -0.4 is 0 Å².